The topological polar surface area (TPSA) is 88.4 Å². The maximum Gasteiger partial charge on any atom is 0.341 e. The van der Waals surface area contributed by atoms with Gasteiger partial charge in [0.05, 0.1) is 23.8 Å². The molecule has 0 fully saturated rings. The highest BCUT2D eigenvalue weighted by atomic mass is 32.1. The van der Waals surface area contributed by atoms with Crippen molar-refractivity contribution in [3.63, 3.8) is 0 Å². The Hall–Kier alpha value is -2.85. The van der Waals surface area contributed by atoms with Crippen molar-refractivity contribution >= 4 is 28.2 Å². The molecular weight excluding hydrogens is 340 g/mol. The number of nitrogens with zero attached hydrogens (tertiary/aromatic N) is 1. The lowest BCUT2D eigenvalue weighted by Gasteiger charge is -2.08. The van der Waals surface area contributed by atoms with E-state index in [2.05, 4.69) is 5.32 Å². The summed E-state index contributed by atoms with van der Waals surface area (Å²) in [5.74, 6) is -0.422. The first-order valence-electron chi connectivity index (χ1n) is 7.80. The summed E-state index contributed by atoms with van der Waals surface area (Å²) in [5, 5.41) is 12.0. The average molecular weight is 358 g/mol. The molecule has 0 spiro atoms. The van der Waals surface area contributed by atoms with Crippen LogP contribution >= 0.6 is 11.3 Å². The molecule has 1 N–H and O–H groups in total. The number of carbonyl (C=O) groups is 2. The fourth-order valence-corrected chi connectivity index (χ4v) is 3.04. The molecule has 0 aliphatic heterocycles. The van der Waals surface area contributed by atoms with E-state index >= 15 is 0 Å². The summed E-state index contributed by atoms with van der Waals surface area (Å²) in [6.45, 7) is 3.74. The molecule has 0 aliphatic rings. The van der Waals surface area contributed by atoms with E-state index in [0.717, 1.165) is 11.3 Å². The molecule has 130 valence electrons. The zero-order valence-corrected chi connectivity index (χ0v) is 14.8. The molecule has 0 saturated carbocycles. The number of rotatable bonds is 7. The summed E-state index contributed by atoms with van der Waals surface area (Å²) < 4.78 is 10.4. The van der Waals surface area contributed by atoms with Crippen molar-refractivity contribution in [1.82, 2.24) is 0 Å². The van der Waals surface area contributed by atoms with E-state index in [-0.39, 0.29) is 13.2 Å². The number of benzene rings is 1. The minimum Gasteiger partial charge on any atom is -0.484 e. The first-order chi connectivity index (χ1) is 12.1. The molecule has 0 saturated heterocycles. The third kappa shape index (κ3) is 5.06. The summed E-state index contributed by atoms with van der Waals surface area (Å²) in [5.41, 5.74) is 0.803. The zero-order chi connectivity index (χ0) is 18.2. The van der Waals surface area contributed by atoms with Crippen molar-refractivity contribution in [2.24, 2.45) is 0 Å². The molecule has 0 atom stereocenters. The first kappa shape index (κ1) is 18.5. The van der Waals surface area contributed by atoms with Crippen molar-refractivity contribution in [1.29, 1.82) is 5.26 Å². The van der Waals surface area contributed by atoms with Crippen LogP contribution < -0.4 is 10.1 Å². The van der Waals surface area contributed by atoms with Gasteiger partial charge in [-0.3, -0.25) is 4.79 Å². The van der Waals surface area contributed by atoms with Gasteiger partial charge in [0.25, 0.3) is 5.91 Å². The molecule has 0 aliphatic carbocycles. The van der Waals surface area contributed by atoms with Crippen molar-refractivity contribution in [2.45, 2.75) is 20.3 Å². The van der Waals surface area contributed by atoms with E-state index in [0.29, 0.717) is 21.9 Å². The van der Waals surface area contributed by atoms with Crippen LogP contribution in [0.4, 0.5) is 5.00 Å². The van der Waals surface area contributed by atoms with Gasteiger partial charge in [0.1, 0.15) is 10.8 Å². The summed E-state index contributed by atoms with van der Waals surface area (Å²) in [7, 11) is 0. The van der Waals surface area contributed by atoms with Crippen molar-refractivity contribution in [3.8, 4) is 11.8 Å². The van der Waals surface area contributed by atoms with Gasteiger partial charge < -0.3 is 14.8 Å². The van der Waals surface area contributed by atoms with E-state index in [1.807, 2.05) is 13.0 Å². The third-order valence-corrected chi connectivity index (χ3v) is 4.41. The summed E-state index contributed by atoms with van der Waals surface area (Å²) in [4.78, 5) is 25.1. The van der Waals surface area contributed by atoms with E-state index in [1.165, 1.54) is 11.3 Å². The first-order valence-corrected chi connectivity index (χ1v) is 8.61. The Morgan fingerprint density at radius 2 is 2.08 bits per heavy atom. The molecule has 1 amide bonds. The molecular formula is C18H18N2O4S. The second-order valence-electron chi connectivity index (χ2n) is 5.01. The lowest BCUT2D eigenvalue weighted by molar-refractivity contribution is -0.118. The highest BCUT2D eigenvalue weighted by Crippen LogP contribution is 2.29. The zero-order valence-electron chi connectivity index (χ0n) is 14.0. The van der Waals surface area contributed by atoms with Crippen LogP contribution in [0.25, 0.3) is 0 Å². The molecule has 2 aromatic rings. The van der Waals surface area contributed by atoms with Gasteiger partial charge in [0, 0.05) is 4.88 Å². The quantitative estimate of drug-likeness (QED) is 0.767. The number of nitrogens with one attached hydrogen (secondary N) is 1. The number of ether oxygens (including phenoxy) is 2. The number of anilines is 1. The maximum absolute atomic E-state index is 12.1. The molecule has 1 aromatic heterocycles. The van der Waals surface area contributed by atoms with Crippen LogP contribution in [0.2, 0.25) is 0 Å². The molecule has 0 bridgehead atoms. The number of esters is 1. The summed E-state index contributed by atoms with van der Waals surface area (Å²) in [6.07, 6.45) is 0.754. The number of nitriles is 1. The molecule has 2 rings (SSSR count). The lowest BCUT2D eigenvalue weighted by atomic mass is 10.2. The van der Waals surface area contributed by atoms with E-state index in [4.69, 9.17) is 14.7 Å². The second kappa shape index (κ2) is 8.85. The van der Waals surface area contributed by atoms with Crippen LogP contribution in [0.15, 0.2) is 30.3 Å². The number of amides is 1. The minimum atomic E-state index is -0.462. The lowest BCUT2D eigenvalue weighted by Crippen LogP contribution is -2.21. The highest BCUT2D eigenvalue weighted by molar-refractivity contribution is 7.16. The Bertz CT molecular complexity index is 808. The van der Waals surface area contributed by atoms with E-state index in [9.17, 15) is 9.59 Å². The average Bonchev–Trinajstić information content (AvgIpc) is 3.03. The predicted octanol–water partition coefficient (Wildman–Crippen LogP) is 3.38. The second-order valence-corrected chi connectivity index (χ2v) is 6.14. The normalized spacial score (nSPS) is 9.96. The predicted molar refractivity (Wildman–Crippen MR) is 94.9 cm³/mol. The SMILES string of the molecule is CCOC(=O)c1cc(CC)sc1NC(=O)COc1cccc(C#N)c1. The van der Waals surface area contributed by atoms with Gasteiger partial charge in [0.2, 0.25) is 0 Å². The standard InChI is InChI=1S/C18H18N2O4S/c1-3-14-9-15(18(22)23-4-2)17(25-14)20-16(21)11-24-13-7-5-6-12(8-13)10-19/h5-9H,3-4,11H2,1-2H3,(H,20,21). The monoisotopic (exact) mass is 358 g/mol. The van der Waals surface area contributed by atoms with Crippen molar-refractivity contribution in [2.75, 3.05) is 18.5 Å². The van der Waals surface area contributed by atoms with Gasteiger partial charge in [-0.15, -0.1) is 11.3 Å². The Balaban J connectivity index is 2.03. The molecule has 1 heterocycles. The molecule has 7 heteroatoms. The van der Waals surface area contributed by atoms with Gasteiger partial charge in [-0.2, -0.15) is 5.26 Å². The fraction of sp³-hybridized carbons (Fsp3) is 0.278. The van der Waals surface area contributed by atoms with Crippen LogP contribution in [0.5, 0.6) is 5.75 Å². The molecule has 0 unspecified atom stereocenters. The van der Waals surface area contributed by atoms with E-state index < -0.39 is 11.9 Å². The smallest absolute Gasteiger partial charge is 0.341 e. The third-order valence-electron chi connectivity index (χ3n) is 3.21. The Morgan fingerprint density at radius 3 is 2.76 bits per heavy atom. The number of carbonyl (C=O) groups excluding carboxylic acids is 2. The van der Waals surface area contributed by atoms with Crippen LogP contribution in [-0.4, -0.2) is 25.1 Å². The van der Waals surface area contributed by atoms with Gasteiger partial charge in [-0.1, -0.05) is 13.0 Å². The maximum atomic E-state index is 12.1. The molecule has 6 nitrogen and oxygen atoms in total. The van der Waals surface area contributed by atoms with Gasteiger partial charge in [-0.05, 0) is 37.6 Å². The van der Waals surface area contributed by atoms with Gasteiger partial charge >= 0.3 is 5.97 Å². The number of thiophene rings is 1. The van der Waals surface area contributed by atoms with Gasteiger partial charge in [-0.25, -0.2) is 4.79 Å². The minimum absolute atomic E-state index is 0.226. The molecule has 25 heavy (non-hydrogen) atoms. The van der Waals surface area contributed by atoms with Gasteiger partial charge in [0.15, 0.2) is 6.61 Å². The fourth-order valence-electron chi connectivity index (χ4n) is 2.04. The van der Waals surface area contributed by atoms with Crippen LogP contribution in [0.3, 0.4) is 0 Å². The largest absolute Gasteiger partial charge is 0.484 e. The van der Waals surface area contributed by atoms with Crippen LogP contribution in [0.1, 0.15) is 34.6 Å². The highest BCUT2D eigenvalue weighted by Gasteiger charge is 2.18. The van der Waals surface area contributed by atoms with E-state index in [1.54, 1.807) is 37.3 Å². The number of aryl methyl sites for hydroxylation is 1. The molecule has 0 radical (unpaired) electrons. The number of hydrogen-bond acceptors (Lipinski definition) is 6. The van der Waals surface area contributed by atoms with Crippen molar-refractivity contribution < 1.29 is 19.1 Å². The van der Waals surface area contributed by atoms with Crippen LogP contribution in [-0.2, 0) is 16.0 Å². The Kier molecular flexibility index (Phi) is 6.54. The summed E-state index contributed by atoms with van der Waals surface area (Å²) in [6, 6.07) is 10.3. The molecule has 1 aromatic carbocycles. The Morgan fingerprint density at radius 1 is 1.28 bits per heavy atom. The Labute approximate surface area is 150 Å². The number of hydrogen-bond donors (Lipinski definition) is 1. The summed E-state index contributed by atoms with van der Waals surface area (Å²) >= 11 is 1.34. The van der Waals surface area contributed by atoms with Crippen LogP contribution in [0, 0.1) is 11.3 Å². The van der Waals surface area contributed by atoms with Crippen molar-refractivity contribution in [3.05, 3.63) is 46.3 Å².